The highest BCUT2D eigenvalue weighted by atomic mass is 17.6. The third kappa shape index (κ3) is 29.8. The number of rotatable bonds is 29. The van der Waals surface area contributed by atoms with E-state index in [4.69, 9.17) is 9.99 Å². The molecule has 0 fully saturated rings. The monoisotopic (exact) mass is 460 g/mol. The predicted octanol–water partition coefficient (Wildman–Crippen LogP) is 9.35. The van der Waals surface area contributed by atoms with Crippen LogP contribution in [0.3, 0.4) is 0 Å². The van der Waals surface area contributed by atoms with Crippen LogP contribution in [-0.4, -0.2) is 25.1 Å². The van der Waals surface area contributed by atoms with Gasteiger partial charge in [0.05, 0.1) is 6.61 Å². The lowest BCUT2D eigenvalue weighted by atomic mass is 10.0. The third-order valence-electron chi connectivity index (χ3n) is 6.24. The van der Waals surface area contributed by atoms with Crippen LogP contribution in [0.4, 0.5) is 0 Å². The topological polar surface area (TPSA) is 57.2 Å². The number of hydrogen-bond donors (Lipinski definition) is 1. The number of unbranched alkanes of at least 4 members (excludes halogenated alkanes) is 21. The van der Waals surface area contributed by atoms with E-state index >= 15 is 0 Å². The Balaban J connectivity index is 2.98. The Bertz CT molecular complexity index is 284. The van der Waals surface area contributed by atoms with Crippen LogP contribution in [-0.2, 0) is 19.7 Å². The van der Waals surface area contributed by atoms with Crippen molar-refractivity contribution in [2.75, 3.05) is 19.8 Å². The van der Waals surface area contributed by atoms with Gasteiger partial charge < -0.3 is 4.74 Å². The molecule has 194 valence electrons. The van der Waals surface area contributed by atoms with Crippen LogP contribution in [0.1, 0.15) is 155 Å². The fourth-order valence-electron chi connectivity index (χ4n) is 4.16. The van der Waals surface area contributed by atoms with E-state index in [9.17, 15) is 0 Å². The van der Waals surface area contributed by atoms with Gasteiger partial charge in [-0.1, -0.05) is 135 Å². The van der Waals surface area contributed by atoms with Crippen molar-refractivity contribution >= 4 is 0 Å². The molecule has 1 N–H and O–H groups in total. The fourth-order valence-corrected chi connectivity index (χ4v) is 4.16. The van der Waals surface area contributed by atoms with Crippen molar-refractivity contribution in [1.29, 1.82) is 0 Å². The Labute approximate surface area is 199 Å². The summed E-state index contributed by atoms with van der Waals surface area (Å²) in [4.78, 5) is 4.56. The van der Waals surface area contributed by atoms with Gasteiger partial charge in [-0.05, 0) is 29.3 Å². The van der Waals surface area contributed by atoms with Gasteiger partial charge in [-0.2, -0.15) is 0 Å². The van der Waals surface area contributed by atoms with Crippen molar-refractivity contribution in [2.24, 2.45) is 0 Å². The molecular formula is C27H56O5. The molecule has 0 heterocycles. The zero-order chi connectivity index (χ0) is 23.2. The minimum atomic E-state index is 0.468. The first-order valence-corrected chi connectivity index (χ1v) is 14.1. The van der Waals surface area contributed by atoms with E-state index in [1.54, 1.807) is 0 Å². The summed E-state index contributed by atoms with van der Waals surface area (Å²) in [6.07, 6.45) is 30.9. The zero-order valence-electron chi connectivity index (χ0n) is 21.5. The molecule has 0 aromatic rings. The van der Waals surface area contributed by atoms with Gasteiger partial charge in [0, 0.05) is 13.2 Å². The van der Waals surface area contributed by atoms with Gasteiger partial charge in [-0.25, -0.2) is 10.1 Å². The van der Waals surface area contributed by atoms with Gasteiger partial charge in [-0.3, -0.25) is 0 Å². The molecule has 5 nitrogen and oxygen atoms in total. The van der Waals surface area contributed by atoms with Crippen molar-refractivity contribution in [2.45, 2.75) is 155 Å². The minimum Gasteiger partial charge on any atom is -0.381 e. The van der Waals surface area contributed by atoms with Gasteiger partial charge >= 0.3 is 0 Å². The first-order valence-electron chi connectivity index (χ1n) is 14.1. The first-order chi connectivity index (χ1) is 15.9. The molecule has 0 spiro atoms. The molecule has 0 bridgehead atoms. The molecule has 0 amide bonds. The SMILES string of the molecule is CCCCCOCCCCCCCCCCCCCCCCCCCCCCOOOO. The van der Waals surface area contributed by atoms with Crippen LogP contribution < -0.4 is 0 Å². The molecule has 0 aliphatic rings. The number of ether oxygens (including phenoxy) is 1. The molecule has 0 aromatic carbocycles. The average molecular weight is 461 g/mol. The molecule has 0 atom stereocenters. The van der Waals surface area contributed by atoms with E-state index in [0.29, 0.717) is 6.61 Å². The van der Waals surface area contributed by atoms with Gasteiger partial charge in [0.2, 0.25) is 0 Å². The lowest BCUT2D eigenvalue weighted by Crippen LogP contribution is -1.96. The zero-order valence-corrected chi connectivity index (χ0v) is 21.5. The molecule has 32 heavy (non-hydrogen) atoms. The fraction of sp³-hybridized carbons (Fsp3) is 1.00. The summed E-state index contributed by atoms with van der Waals surface area (Å²) in [5.74, 6) is 0. The third-order valence-corrected chi connectivity index (χ3v) is 6.24. The van der Waals surface area contributed by atoms with Crippen molar-refractivity contribution in [1.82, 2.24) is 0 Å². The van der Waals surface area contributed by atoms with Gasteiger partial charge in [0.15, 0.2) is 0 Å². The van der Waals surface area contributed by atoms with Crippen LogP contribution >= 0.6 is 0 Å². The first kappa shape index (κ1) is 31.8. The molecule has 0 radical (unpaired) electrons. The van der Waals surface area contributed by atoms with E-state index in [0.717, 1.165) is 26.1 Å². The predicted molar refractivity (Wildman–Crippen MR) is 133 cm³/mol. The van der Waals surface area contributed by atoms with Crippen molar-refractivity contribution < 1.29 is 25.0 Å². The molecule has 0 saturated heterocycles. The van der Waals surface area contributed by atoms with E-state index in [-0.39, 0.29) is 0 Å². The summed E-state index contributed by atoms with van der Waals surface area (Å²) in [5.41, 5.74) is 0. The smallest absolute Gasteiger partial charge is 0.0854 e. The standard InChI is InChI=1S/C27H56O5/c1-2-3-22-25-29-26-23-20-18-16-14-12-10-8-6-4-5-7-9-11-13-15-17-19-21-24-27-30-32-31-28/h28H,2-27H2,1H3. The molecule has 0 aliphatic heterocycles. The molecule has 0 unspecified atom stereocenters. The Morgan fingerprint density at radius 1 is 0.406 bits per heavy atom. The van der Waals surface area contributed by atoms with Gasteiger partial charge in [0.1, 0.15) is 0 Å². The summed E-state index contributed by atoms with van der Waals surface area (Å²) in [6.45, 7) is 4.65. The minimum absolute atomic E-state index is 0.468. The summed E-state index contributed by atoms with van der Waals surface area (Å²) < 4.78 is 5.67. The summed E-state index contributed by atoms with van der Waals surface area (Å²) in [7, 11) is 0. The Morgan fingerprint density at radius 2 is 0.719 bits per heavy atom. The molecular weight excluding hydrogens is 404 g/mol. The van der Waals surface area contributed by atoms with E-state index in [1.807, 2.05) is 0 Å². The molecule has 0 aliphatic carbocycles. The Kier molecular flexibility index (Phi) is 30.6. The lowest BCUT2D eigenvalue weighted by Gasteiger charge is -2.05. The second kappa shape index (κ2) is 30.8. The normalized spacial score (nSPS) is 11.4. The van der Waals surface area contributed by atoms with Crippen molar-refractivity contribution in [3.8, 4) is 0 Å². The summed E-state index contributed by atoms with van der Waals surface area (Å²) in [6, 6.07) is 0. The van der Waals surface area contributed by atoms with E-state index < -0.39 is 0 Å². The van der Waals surface area contributed by atoms with Crippen molar-refractivity contribution in [3.05, 3.63) is 0 Å². The Hall–Kier alpha value is -0.200. The Morgan fingerprint density at radius 3 is 1.06 bits per heavy atom. The molecule has 5 heteroatoms. The van der Waals surface area contributed by atoms with Gasteiger partial charge in [-0.15, -0.1) is 0 Å². The maximum Gasteiger partial charge on any atom is 0.0854 e. The molecule has 0 aromatic heterocycles. The highest BCUT2D eigenvalue weighted by molar-refractivity contribution is 4.51. The van der Waals surface area contributed by atoms with Crippen molar-refractivity contribution in [3.63, 3.8) is 0 Å². The highest BCUT2D eigenvalue weighted by Gasteiger charge is 1.96. The second-order valence-electron chi connectivity index (χ2n) is 9.36. The maximum atomic E-state index is 7.91. The summed E-state index contributed by atoms with van der Waals surface area (Å²) >= 11 is 0. The lowest BCUT2D eigenvalue weighted by molar-refractivity contribution is -0.623. The highest BCUT2D eigenvalue weighted by Crippen LogP contribution is 2.15. The quantitative estimate of drug-likeness (QED) is 0.0684. The van der Waals surface area contributed by atoms with Crippen LogP contribution in [0, 0.1) is 0 Å². The van der Waals surface area contributed by atoms with Crippen LogP contribution in [0.5, 0.6) is 0 Å². The largest absolute Gasteiger partial charge is 0.381 e. The van der Waals surface area contributed by atoms with Crippen LogP contribution in [0.25, 0.3) is 0 Å². The molecule has 0 saturated carbocycles. The molecule has 0 rings (SSSR count). The average Bonchev–Trinajstić information content (AvgIpc) is 2.81. The van der Waals surface area contributed by atoms with E-state index in [2.05, 4.69) is 21.9 Å². The number of hydrogen-bond acceptors (Lipinski definition) is 5. The second-order valence-corrected chi connectivity index (χ2v) is 9.36. The van der Waals surface area contributed by atoms with Gasteiger partial charge in [0.25, 0.3) is 0 Å². The van der Waals surface area contributed by atoms with Crippen LogP contribution in [0.15, 0.2) is 0 Å². The van der Waals surface area contributed by atoms with E-state index in [1.165, 1.54) is 135 Å². The summed E-state index contributed by atoms with van der Waals surface area (Å²) in [5, 5.41) is 15.2. The van der Waals surface area contributed by atoms with Crippen LogP contribution in [0.2, 0.25) is 0 Å². The maximum absolute atomic E-state index is 7.91.